The van der Waals surface area contributed by atoms with Crippen LogP contribution in [0.1, 0.15) is 25.0 Å². The van der Waals surface area contributed by atoms with E-state index in [0.717, 1.165) is 12.0 Å². The second-order valence-electron chi connectivity index (χ2n) is 5.93. The van der Waals surface area contributed by atoms with Crippen molar-refractivity contribution >= 4 is 11.6 Å². The fourth-order valence-electron chi connectivity index (χ4n) is 2.50. The lowest BCUT2D eigenvalue weighted by Crippen LogP contribution is -2.25. The van der Waals surface area contributed by atoms with Crippen molar-refractivity contribution in [1.82, 2.24) is 5.43 Å². The Balaban J connectivity index is 2.01. The zero-order valence-electron chi connectivity index (χ0n) is 16.9. The van der Waals surface area contributed by atoms with E-state index in [4.69, 9.17) is 18.9 Å². The number of hydrogen-bond donors (Lipinski definition) is 1. The van der Waals surface area contributed by atoms with Crippen molar-refractivity contribution in [2.24, 2.45) is 5.10 Å². The van der Waals surface area contributed by atoms with Gasteiger partial charge in [0, 0.05) is 5.56 Å². The summed E-state index contributed by atoms with van der Waals surface area (Å²) < 4.78 is 21.4. The van der Waals surface area contributed by atoms with Crippen LogP contribution < -0.4 is 24.4 Å². The standard InChI is InChI=1S/C21H26N2O5/c1-6-15-7-9-17(10-8-15)28-13-20(24)23-22-14(2)16-11-18(25-3)21(27-5)19(12-16)26-4/h7-12H,6,13H2,1-5H3,(H,23,24). The van der Waals surface area contributed by atoms with E-state index in [1.807, 2.05) is 24.3 Å². The number of nitrogens with one attached hydrogen (secondary N) is 1. The van der Waals surface area contributed by atoms with Gasteiger partial charge in [0.15, 0.2) is 18.1 Å². The zero-order valence-corrected chi connectivity index (χ0v) is 16.9. The van der Waals surface area contributed by atoms with Crippen LogP contribution in [0.25, 0.3) is 0 Å². The van der Waals surface area contributed by atoms with Gasteiger partial charge in [0.2, 0.25) is 5.75 Å². The lowest BCUT2D eigenvalue weighted by Gasteiger charge is -2.14. The van der Waals surface area contributed by atoms with Crippen molar-refractivity contribution < 1.29 is 23.7 Å². The van der Waals surface area contributed by atoms with Crippen LogP contribution in [0.3, 0.4) is 0 Å². The van der Waals surface area contributed by atoms with E-state index in [0.29, 0.717) is 28.7 Å². The molecule has 0 aliphatic carbocycles. The predicted molar refractivity (Wildman–Crippen MR) is 108 cm³/mol. The number of carbonyl (C=O) groups is 1. The number of benzene rings is 2. The van der Waals surface area contributed by atoms with E-state index < -0.39 is 0 Å². The van der Waals surface area contributed by atoms with E-state index in [1.54, 1.807) is 33.3 Å². The van der Waals surface area contributed by atoms with Gasteiger partial charge >= 0.3 is 0 Å². The smallest absolute Gasteiger partial charge is 0.277 e. The third-order valence-electron chi connectivity index (χ3n) is 4.13. The first-order valence-electron chi connectivity index (χ1n) is 8.87. The van der Waals surface area contributed by atoms with E-state index in [2.05, 4.69) is 17.5 Å². The molecule has 0 atom stereocenters. The highest BCUT2D eigenvalue weighted by Gasteiger charge is 2.14. The van der Waals surface area contributed by atoms with Gasteiger partial charge in [-0.25, -0.2) is 5.43 Å². The molecule has 0 spiro atoms. The minimum absolute atomic E-state index is 0.127. The van der Waals surface area contributed by atoms with Crippen LogP contribution in [0.2, 0.25) is 0 Å². The van der Waals surface area contributed by atoms with E-state index in [1.165, 1.54) is 12.7 Å². The molecule has 0 heterocycles. The molecule has 7 nitrogen and oxygen atoms in total. The van der Waals surface area contributed by atoms with Gasteiger partial charge < -0.3 is 18.9 Å². The predicted octanol–water partition coefficient (Wildman–Crippen LogP) is 3.19. The molecule has 0 saturated heterocycles. The Labute approximate surface area is 165 Å². The Bertz CT molecular complexity index is 806. The fraction of sp³-hybridized carbons (Fsp3) is 0.333. The topological polar surface area (TPSA) is 78.4 Å². The van der Waals surface area contributed by atoms with Crippen molar-refractivity contribution in [2.45, 2.75) is 20.3 Å². The molecule has 28 heavy (non-hydrogen) atoms. The number of methoxy groups -OCH3 is 3. The molecule has 0 aliphatic rings. The summed E-state index contributed by atoms with van der Waals surface area (Å²) in [5.41, 5.74) is 5.01. The minimum Gasteiger partial charge on any atom is -0.493 e. The van der Waals surface area contributed by atoms with Gasteiger partial charge in [-0.1, -0.05) is 19.1 Å². The maximum absolute atomic E-state index is 12.0. The number of rotatable bonds is 9. The number of aryl methyl sites for hydroxylation is 1. The van der Waals surface area contributed by atoms with Crippen molar-refractivity contribution in [3.63, 3.8) is 0 Å². The average molecular weight is 386 g/mol. The molecule has 1 amide bonds. The first-order valence-corrected chi connectivity index (χ1v) is 8.87. The van der Waals surface area contributed by atoms with Gasteiger partial charge in [-0.2, -0.15) is 5.10 Å². The van der Waals surface area contributed by atoms with Gasteiger partial charge in [-0.3, -0.25) is 4.79 Å². The Kier molecular flexibility index (Phi) is 7.68. The molecule has 7 heteroatoms. The first kappa shape index (κ1) is 21.1. The summed E-state index contributed by atoms with van der Waals surface area (Å²) in [6, 6.07) is 11.2. The van der Waals surface area contributed by atoms with Crippen LogP contribution in [0.15, 0.2) is 41.5 Å². The normalized spacial score (nSPS) is 11.0. The van der Waals surface area contributed by atoms with Crippen molar-refractivity contribution in [1.29, 1.82) is 0 Å². The van der Waals surface area contributed by atoms with Crippen LogP contribution in [0.4, 0.5) is 0 Å². The highest BCUT2D eigenvalue weighted by Crippen LogP contribution is 2.38. The fourth-order valence-corrected chi connectivity index (χ4v) is 2.50. The molecule has 0 fully saturated rings. The van der Waals surface area contributed by atoms with Gasteiger partial charge in [0.05, 0.1) is 27.0 Å². The summed E-state index contributed by atoms with van der Waals surface area (Å²) in [4.78, 5) is 12.0. The summed E-state index contributed by atoms with van der Waals surface area (Å²) in [6.07, 6.45) is 0.954. The number of ether oxygens (including phenoxy) is 4. The average Bonchev–Trinajstić information content (AvgIpc) is 2.74. The molecule has 0 saturated carbocycles. The molecule has 0 aromatic heterocycles. The lowest BCUT2D eigenvalue weighted by molar-refractivity contribution is -0.123. The van der Waals surface area contributed by atoms with Crippen LogP contribution in [0, 0.1) is 0 Å². The Morgan fingerprint density at radius 2 is 1.61 bits per heavy atom. The van der Waals surface area contributed by atoms with Gasteiger partial charge in [0.1, 0.15) is 5.75 Å². The highest BCUT2D eigenvalue weighted by molar-refractivity contribution is 6.00. The Hall–Kier alpha value is -3.22. The highest BCUT2D eigenvalue weighted by atomic mass is 16.5. The molecular formula is C21H26N2O5. The SMILES string of the molecule is CCc1ccc(OCC(=O)NN=C(C)c2cc(OC)c(OC)c(OC)c2)cc1. The van der Waals surface area contributed by atoms with E-state index in [-0.39, 0.29) is 12.5 Å². The van der Waals surface area contributed by atoms with E-state index in [9.17, 15) is 4.79 Å². The van der Waals surface area contributed by atoms with Crippen LogP contribution in [0.5, 0.6) is 23.0 Å². The zero-order chi connectivity index (χ0) is 20.5. The molecule has 0 unspecified atom stereocenters. The summed E-state index contributed by atoms with van der Waals surface area (Å²) in [5, 5.41) is 4.13. The second-order valence-corrected chi connectivity index (χ2v) is 5.93. The molecule has 0 radical (unpaired) electrons. The maximum Gasteiger partial charge on any atom is 0.277 e. The largest absolute Gasteiger partial charge is 0.493 e. The molecule has 0 bridgehead atoms. The number of hydrazone groups is 1. The molecule has 1 N–H and O–H groups in total. The molecule has 2 aromatic rings. The molecule has 2 rings (SSSR count). The lowest BCUT2D eigenvalue weighted by atomic mass is 10.1. The quantitative estimate of drug-likeness (QED) is 0.529. The van der Waals surface area contributed by atoms with Gasteiger partial charge in [-0.05, 0) is 43.2 Å². The monoisotopic (exact) mass is 386 g/mol. The Morgan fingerprint density at radius 3 is 2.11 bits per heavy atom. The molecular weight excluding hydrogens is 360 g/mol. The van der Waals surface area contributed by atoms with Gasteiger partial charge in [0.25, 0.3) is 5.91 Å². The maximum atomic E-state index is 12.0. The number of nitrogens with zero attached hydrogens (tertiary/aromatic N) is 1. The third-order valence-corrected chi connectivity index (χ3v) is 4.13. The van der Waals surface area contributed by atoms with Crippen molar-refractivity contribution in [3.05, 3.63) is 47.5 Å². The summed E-state index contributed by atoms with van der Waals surface area (Å²) >= 11 is 0. The first-order chi connectivity index (χ1) is 13.5. The summed E-state index contributed by atoms with van der Waals surface area (Å²) in [6.45, 7) is 3.72. The minimum atomic E-state index is -0.355. The second kappa shape index (κ2) is 10.2. The molecule has 2 aromatic carbocycles. The summed E-state index contributed by atoms with van der Waals surface area (Å²) in [5.74, 6) is 1.80. The molecule has 150 valence electrons. The molecule has 0 aliphatic heterocycles. The Morgan fingerprint density at radius 1 is 1.00 bits per heavy atom. The van der Waals surface area contributed by atoms with E-state index >= 15 is 0 Å². The van der Waals surface area contributed by atoms with Crippen LogP contribution in [-0.2, 0) is 11.2 Å². The summed E-state index contributed by atoms with van der Waals surface area (Å²) in [7, 11) is 4.62. The number of amides is 1. The van der Waals surface area contributed by atoms with Crippen LogP contribution in [-0.4, -0.2) is 39.6 Å². The van der Waals surface area contributed by atoms with Crippen LogP contribution >= 0.6 is 0 Å². The van der Waals surface area contributed by atoms with Gasteiger partial charge in [-0.15, -0.1) is 0 Å². The van der Waals surface area contributed by atoms with Crippen molar-refractivity contribution in [3.8, 4) is 23.0 Å². The number of hydrogen-bond acceptors (Lipinski definition) is 6. The third kappa shape index (κ3) is 5.39. The number of carbonyl (C=O) groups excluding carboxylic acids is 1. The van der Waals surface area contributed by atoms with Crippen molar-refractivity contribution in [2.75, 3.05) is 27.9 Å².